The SMILES string of the molecule is C[C@@H]1C[C@@]2(C[C@H](C)N(C)C[C@@H]2C)Nc2ccccc21. The van der Waals surface area contributed by atoms with Crippen LogP contribution in [-0.4, -0.2) is 30.1 Å². The zero-order valence-electron chi connectivity index (χ0n) is 12.6. The lowest BCUT2D eigenvalue weighted by molar-refractivity contribution is 0.0803. The molecule has 2 aliphatic heterocycles. The van der Waals surface area contributed by atoms with Crippen LogP contribution < -0.4 is 5.32 Å². The van der Waals surface area contributed by atoms with Crippen molar-refractivity contribution in [2.45, 2.75) is 51.1 Å². The highest BCUT2D eigenvalue weighted by molar-refractivity contribution is 5.57. The molecule has 3 rings (SSSR count). The molecule has 1 fully saturated rings. The third-order valence-electron chi connectivity index (χ3n) is 5.46. The topological polar surface area (TPSA) is 15.3 Å². The van der Waals surface area contributed by atoms with Gasteiger partial charge in [0, 0.05) is 23.8 Å². The highest BCUT2D eigenvalue weighted by Crippen LogP contribution is 2.46. The molecular formula is C17H26N2. The number of fused-ring (bicyclic) bond motifs is 1. The zero-order chi connectivity index (χ0) is 13.6. The summed E-state index contributed by atoms with van der Waals surface area (Å²) in [5.41, 5.74) is 3.15. The highest BCUT2D eigenvalue weighted by Gasteiger charge is 2.45. The minimum atomic E-state index is 0.291. The molecule has 1 saturated heterocycles. The second-order valence-corrected chi connectivity index (χ2v) is 6.87. The molecule has 1 spiro atoms. The van der Waals surface area contributed by atoms with Gasteiger partial charge >= 0.3 is 0 Å². The van der Waals surface area contributed by atoms with Gasteiger partial charge in [-0.15, -0.1) is 0 Å². The standard InChI is InChI=1S/C17H26N2/c1-12-9-17(10-14(3)19(4)11-13(17)2)18-16-8-6-5-7-15(12)16/h5-8,12-14,18H,9-11H2,1-4H3/t12-,13+,14+,17+/m1/s1. The third kappa shape index (κ3) is 2.06. The number of anilines is 1. The van der Waals surface area contributed by atoms with Crippen LogP contribution in [0.3, 0.4) is 0 Å². The van der Waals surface area contributed by atoms with E-state index < -0.39 is 0 Å². The molecule has 0 unspecified atom stereocenters. The molecule has 104 valence electrons. The average Bonchev–Trinajstić information content (AvgIpc) is 2.37. The van der Waals surface area contributed by atoms with Crippen LogP contribution in [0, 0.1) is 5.92 Å². The van der Waals surface area contributed by atoms with E-state index in [1.807, 2.05) is 0 Å². The van der Waals surface area contributed by atoms with Gasteiger partial charge in [0.05, 0.1) is 0 Å². The lowest BCUT2D eigenvalue weighted by Gasteiger charge is -2.53. The van der Waals surface area contributed by atoms with E-state index in [0.717, 1.165) is 0 Å². The Kier molecular flexibility index (Phi) is 3.09. The molecule has 2 nitrogen and oxygen atoms in total. The smallest absolute Gasteiger partial charge is 0.0432 e. The third-order valence-corrected chi connectivity index (χ3v) is 5.46. The summed E-state index contributed by atoms with van der Waals surface area (Å²) >= 11 is 0. The van der Waals surface area contributed by atoms with Crippen molar-refractivity contribution in [3.05, 3.63) is 29.8 Å². The van der Waals surface area contributed by atoms with Gasteiger partial charge in [0.25, 0.3) is 0 Å². The van der Waals surface area contributed by atoms with Gasteiger partial charge in [-0.25, -0.2) is 0 Å². The number of benzene rings is 1. The molecule has 1 aromatic carbocycles. The molecule has 1 N–H and O–H groups in total. The summed E-state index contributed by atoms with van der Waals surface area (Å²) in [5.74, 6) is 1.36. The van der Waals surface area contributed by atoms with Crippen molar-refractivity contribution in [2.24, 2.45) is 5.92 Å². The quantitative estimate of drug-likeness (QED) is 0.763. The van der Waals surface area contributed by atoms with E-state index in [-0.39, 0.29) is 0 Å². The number of rotatable bonds is 0. The molecule has 2 heteroatoms. The highest BCUT2D eigenvalue weighted by atomic mass is 15.2. The number of nitrogens with zero attached hydrogens (tertiary/aromatic N) is 1. The molecule has 2 heterocycles. The molecule has 0 radical (unpaired) electrons. The Hall–Kier alpha value is -1.02. The van der Waals surface area contributed by atoms with Crippen LogP contribution in [0.5, 0.6) is 0 Å². The minimum Gasteiger partial charge on any atom is -0.379 e. The predicted octanol–water partition coefficient (Wildman–Crippen LogP) is 3.70. The Balaban J connectivity index is 1.95. The molecule has 2 aliphatic rings. The van der Waals surface area contributed by atoms with Crippen LogP contribution in [-0.2, 0) is 0 Å². The predicted molar refractivity (Wildman–Crippen MR) is 81.7 cm³/mol. The van der Waals surface area contributed by atoms with Gasteiger partial charge < -0.3 is 10.2 Å². The molecule has 0 amide bonds. The molecule has 4 atom stereocenters. The van der Waals surface area contributed by atoms with Gasteiger partial charge in [-0.3, -0.25) is 0 Å². The van der Waals surface area contributed by atoms with Gasteiger partial charge in [-0.1, -0.05) is 32.0 Å². The molecular weight excluding hydrogens is 232 g/mol. The maximum atomic E-state index is 3.92. The van der Waals surface area contributed by atoms with E-state index >= 15 is 0 Å². The molecule has 0 bridgehead atoms. The van der Waals surface area contributed by atoms with E-state index in [0.29, 0.717) is 23.4 Å². The van der Waals surface area contributed by atoms with Crippen molar-refractivity contribution in [2.75, 3.05) is 18.9 Å². The molecule has 0 aromatic heterocycles. The Bertz CT molecular complexity index is 470. The summed E-state index contributed by atoms with van der Waals surface area (Å²) < 4.78 is 0. The van der Waals surface area contributed by atoms with E-state index in [4.69, 9.17) is 0 Å². The summed E-state index contributed by atoms with van der Waals surface area (Å²) in [6.45, 7) is 8.36. The number of hydrogen-bond acceptors (Lipinski definition) is 2. The summed E-state index contributed by atoms with van der Waals surface area (Å²) in [7, 11) is 2.26. The Morgan fingerprint density at radius 1 is 1.16 bits per heavy atom. The fourth-order valence-corrected chi connectivity index (χ4v) is 4.15. The molecule has 1 aromatic rings. The number of hydrogen-bond donors (Lipinski definition) is 1. The monoisotopic (exact) mass is 258 g/mol. The van der Waals surface area contributed by atoms with Crippen LogP contribution in [0.4, 0.5) is 5.69 Å². The van der Waals surface area contributed by atoms with E-state index in [2.05, 4.69) is 62.3 Å². The van der Waals surface area contributed by atoms with Gasteiger partial charge in [0.1, 0.15) is 0 Å². The van der Waals surface area contributed by atoms with E-state index in [1.54, 1.807) is 0 Å². The second-order valence-electron chi connectivity index (χ2n) is 6.87. The van der Waals surface area contributed by atoms with Crippen LogP contribution in [0.2, 0.25) is 0 Å². The maximum absolute atomic E-state index is 3.92. The van der Waals surface area contributed by atoms with Crippen molar-refractivity contribution in [1.82, 2.24) is 4.90 Å². The van der Waals surface area contributed by atoms with Crippen LogP contribution in [0.25, 0.3) is 0 Å². The van der Waals surface area contributed by atoms with Crippen molar-refractivity contribution < 1.29 is 0 Å². The fourth-order valence-electron chi connectivity index (χ4n) is 4.15. The van der Waals surface area contributed by atoms with Gasteiger partial charge in [0.15, 0.2) is 0 Å². The van der Waals surface area contributed by atoms with E-state index in [9.17, 15) is 0 Å². The molecule has 0 aliphatic carbocycles. The van der Waals surface area contributed by atoms with Gasteiger partial charge in [-0.2, -0.15) is 0 Å². The van der Waals surface area contributed by atoms with Crippen LogP contribution in [0.1, 0.15) is 45.1 Å². The first-order chi connectivity index (χ1) is 9.02. The number of nitrogens with one attached hydrogen (secondary N) is 1. The molecule has 19 heavy (non-hydrogen) atoms. The van der Waals surface area contributed by atoms with Crippen molar-refractivity contribution in [3.63, 3.8) is 0 Å². The summed E-state index contributed by atoms with van der Waals surface area (Å²) in [4.78, 5) is 2.50. The maximum Gasteiger partial charge on any atom is 0.0432 e. The summed E-state index contributed by atoms with van der Waals surface area (Å²) in [5, 5.41) is 3.92. The number of likely N-dealkylation sites (tertiary alicyclic amines) is 1. The van der Waals surface area contributed by atoms with Gasteiger partial charge in [0.2, 0.25) is 0 Å². The number of para-hydroxylation sites is 1. The van der Waals surface area contributed by atoms with Crippen molar-refractivity contribution in [1.29, 1.82) is 0 Å². The van der Waals surface area contributed by atoms with Crippen LogP contribution in [0.15, 0.2) is 24.3 Å². The Morgan fingerprint density at radius 2 is 1.89 bits per heavy atom. The average molecular weight is 258 g/mol. The lowest BCUT2D eigenvalue weighted by Crippen LogP contribution is -2.59. The normalized spacial score (nSPS) is 38.8. The lowest BCUT2D eigenvalue weighted by atomic mass is 9.68. The minimum absolute atomic E-state index is 0.291. The Labute approximate surface area is 117 Å². The first kappa shape index (κ1) is 13.0. The first-order valence-electron chi connectivity index (χ1n) is 7.59. The first-order valence-corrected chi connectivity index (χ1v) is 7.59. The summed E-state index contributed by atoms with van der Waals surface area (Å²) in [6.07, 6.45) is 2.52. The Morgan fingerprint density at radius 3 is 2.68 bits per heavy atom. The van der Waals surface area contributed by atoms with Crippen molar-refractivity contribution >= 4 is 5.69 Å². The zero-order valence-corrected chi connectivity index (χ0v) is 12.6. The second kappa shape index (κ2) is 4.52. The fraction of sp³-hybridized carbons (Fsp3) is 0.647. The van der Waals surface area contributed by atoms with E-state index in [1.165, 1.54) is 30.6 Å². The summed E-state index contributed by atoms with van der Waals surface area (Å²) in [6, 6.07) is 9.52. The van der Waals surface area contributed by atoms with Gasteiger partial charge in [-0.05, 0) is 50.3 Å². The van der Waals surface area contributed by atoms with Crippen molar-refractivity contribution in [3.8, 4) is 0 Å². The number of piperidine rings is 1. The molecule has 0 saturated carbocycles. The van der Waals surface area contributed by atoms with Crippen LogP contribution >= 0.6 is 0 Å². The largest absolute Gasteiger partial charge is 0.379 e.